The largest absolute Gasteiger partial charge is 0.492 e. The molecule has 0 radical (unpaired) electrons. The van der Waals surface area contributed by atoms with Gasteiger partial charge in [0.1, 0.15) is 11.6 Å². The first-order valence-corrected chi connectivity index (χ1v) is 7.68. The standard InChI is InChI=1S/C14H19F4NOS/c1-3-6-19-10(2)12-5-4-11(15)9-13(12)20-7-8-21-14(16,17)18/h4-5,9-10,19H,3,6-8H2,1-2H3. The van der Waals surface area contributed by atoms with Crippen molar-refractivity contribution in [2.45, 2.75) is 31.8 Å². The third kappa shape index (κ3) is 7.04. The molecule has 0 aliphatic heterocycles. The Morgan fingerprint density at radius 1 is 1.33 bits per heavy atom. The molecule has 0 fully saturated rings. The van der Waals surface area contributed by atoms with Crippen molar-refractivity contribution in [3.05, 3.63) is 29.6 Å². The van der Waals surface area contributed by atoms with Crippen LogP contribution < -0.4 is 10.1 Å². The molecule has 7 heteroatoms. The molecule has 0 spiro atoms. The Balaban J connectivity index is 2.64. The van der Waals surface area contributed by atoms with Gasteiger partial charge in [-0.05, 0) is 37.7 Å². The van der Waals surface area contributed by atoms with Crippen LogP contribution in [0.15, 0.2) is 18.2 Å². The van der Waals surface area contributed by atoms with E-state index in [1.807, 2.05) is 13.8 Å². The van der Waals surface area contributed by atoms with Gasteiger partial charge < -0.3 is 10.1 Å². The summed E-state index contributed by atoms with van der Waals surface area (Å²) in [5, 5.41) is 3.24. The highest BCUT2D eigenvalue weighted by molar-refractivity contribution is 8.00. The molecule has 1 unspecified atom stereocenters. The highest BCUT2D eigenvalue weighted by Crippen LogP contribution is 2.31. The van der Waals surface area contributed by atoms with Crippen molar-refractivity contribution in [1.29, 1.82) is 0 Å². The predicted octanol–water partition coefficient (Wildman–Crippen LogP) is 4.52. The second kappa shape index (κ2) is 8.48. The lowest BCUT2D eigenvalue weighted by atomic mass is 10.1. The average Bonchev–Trinajstić information content (AvgIpc) is 2.40. The van der Waals surface area contributed by atoms with Gasteiger partial charge in [0, 0.05) is 23.4 Å². The third-order valence-electron chi connectivity index (χ3n) is 2.75. The zero-order valence-corrected chi connectivity index (χ0v) is 12.8. The van der Waals surface area contributed by atoms with Gasteiger partial charge >= 0.3 is 5.51 Å². The van der Waals surface area contributed by atoms with Gasteiger partial charge in [-0.2, -0.15) is 13.2 Å². The van der Waals surface area contributed by atoms with E-state index in [1.54, 1.807) is 6.07 Å². The Labute approximate surface area is 126 Å². The second-order valence-corrected chi connectivity index (χ2v) is 5.66. The number of ether oxygens (including phenoxy) is 1. The summed E-state index contributed by atoms with van der Waals surface area (Å²) in [7, 11) is 0. The average molecular weight is 325 g/mol. The maximum absolute atomic E-state index is 13.3. The molecule has 1 rings (SSSR count). The number of halogens is 4. The topological polar surface area (TPSA) is 21.3 Å². The van der Waals surface area contributed by atoms with Crippen LogP contribution in [0.4, 0.5) is 17.6 Å². The van der Waals surface area contributed by atoms with E-state index in [2.05, 4.69) is 5.32 Å². The van der Waals surface area contributed by atoms with Crippen LogP contribution in [0.1, 0.15) is 31.9 Å². The monoisotopic (exact) mass is 325 g/mol. The second-order valence-electron chi connectivity index (χ2n) is 4.50. The first-order valence-electron chi connectivity index (χ1n) is 6.69. The van der Waals surface area contributed by atoms with Gasteiger partial charge in [0.25, 0.3) is 0 Å². The molecule has 0 bridgehead atoms. The SMILES string of the molecule is CCCNC(C)c1ccc(F)cc1OCCSC(F)(F)F. The van der Waals surface area contributed by atoms with E-state index in [9.17, 15) is 17.6 Å². The number of hydrogen-bond donors (Lipinski definition) is 1. The molecule has 0 aliphatic rings. The lowest BCUT2D eigenvalue weighted by molar-refractivity contribution is -0.0329. The molecule has 1 aromatic carbocycles. The van der Waals surface area contributed by atoms with Crippen LogP contribution in [-0.4, -0.2) is 24.4 Å². The predicted molar refractivity (Wildman–Crippen MR) is 77.1 cm³/mol. The molecule has 120 valence electrons. The molecule has 1 N–H and O–H groups in total. The van der Waals surface area contributed by atoms with Crippen LogP contribution in [0.2, 0.25) is 0 Å². The molecule has 1 aromatic rings. The van der Waals surface area contributed by atoms with E-state index in [0.29, 0.717) is 0 Å². The fourth-order valence-electron chi connectivity index (χ4n) is 1.77. The number of benzene rings is 1. The van der Waals surface area contributed by atoms with E-state index in [0.717, 1.165) is 18.5 Å². The summed E-state index contributed by atoms with van der Waals surface area (Å²) in [5.41, 5.74) is -3.54. The molecule has 0 saturated heterocycles. The molecule has 0 aromatic heterocycles. The zero-order chi connectivity index (χ0) is 15.9. The molecule has 0 aliphatic carbocycles. The molecule has 2 nitrogen and oxygen atoms in total. The molecule has 0 saturated carbocycles. The maximum Gasteiger partial charge on any atom is 0.441 e. The fourth-order valence-corrected chi connectivity index (χ4v) is 2.17. The summed E-state index contributed by atoms with van der Waals surface area (Å²) in [4.78, 5) is 0. The van der Waals surface area contributed by atoms with Gasteiger partial charge in [-0.1, -0.05) is 13.0 Å². The van der Waals surface area contributed by atoms with Gasteiger partial charge in [-0.3, -0.25) is 0 Å². The van der Waals surface area contributed by atoms with E-state index >= 15 is 0 Å². The molecular weight excluding hydrogens is 306 g/mol. The van der Waals surface area contributed by atoms with Crippen molar-refractivity contribution in [3.63, 3.8) is 0 Å². The van der Waals surface area contributed by atoms with Gasteiger partial charge in [-0.25, -0.2) is 4.39 Å². The molecule has 0 amide bonds. The summed E-state index contributed by atoms with van der Waals surface area (Å²) in [6, 6.07) is 4.06. The van der Waals surface area contributed by atoms with E-state index in [1.165, 1.54) is 12.1 Å². The van der Waals surface area contributed by atoms with Crippen LogP contribution in [0, 0.1) is 5.82 Å². The van der Waals surface area contributed by atoms with Crippen LogP contribution in [0.3, 0.4) is 0 Å². The van der Waals surface area contributed by atoms with Crippen molar-refractivity contribution in [3.8, 4) is 5.75 Å². The first kappa shape index (κ1) is 18.1. The van der Waals surface area contributed by atoms with Crippen LogP contribution >= 0.6 is 11.8 Å². The summed E-state index contributed by atoms with van der Waals surface area (Å²) in [6.07, 6.45) is 0.948. The number of hydrogen-bond acceptors (Lipinski definition) is 3. The molecular formula is C14H19F4NOS. The number of thioether (sulfide) groups is 1. The number of nitrogens with one attached hydrogen (secondary N) is 1. The van der Waals surface area contributed by atoms with Crippen LogP contribution in [0.25, 0.3) is 0 Å². The van der Waals surface area contributed by atoms with Crippen molar-refractivity contribution in [1.82, 2.24) is 5.32 Å². The number of rotatable bonds is 8. The highest BCUT2D eigenvalue weighted by Gasteiger charge is 2.27. The Morgan fingerprint density at radius 2 is 2.05 bits per heavy atom. The van der Waals surface area contributed by atoms with Gasteiger partial charge in [-0.15, -0.1) is 0 Å². The maximum atomic E-state index is 13.3. The van der Waals surface area contributed by atoms with Crippen LogP contribution in [-0.2, 0) is 0 Å². The summed E-state index contributed by atoms with van der Waals surface area (Å²) in [6.45, 7) is 4.60. The lowest BCUT2D eigenvalue weighted by Crippen LogP contribution is -2.20. The highest BCUT2D eigenvalue weighted by atomic mass is 32.2. The zero-order valence-electron chi connectivity index (χ0n) is 12.0. The minimum Gasteiger partial charge on any atom is -0.492 e. The van der Waals surface area contributed by atoms with Gasteiger partial charge in [0.2, 0.25) is 0 Å². The van der Waals surface area contributed by atoms with Crippen molar-refractivity contribution in [2.24, 2.45) is 0 Å². The third-order valence-corrected chi connectivity index (χ3v) is 3.45. The minimum atomic E-state index is -4.27. The van der Waals surface area contributed by atoms with E-state index in [4.69, 9.17) is 4.74 Å². The summed E-state index contributed by atoms with van der Waals surface area (Å²) in [5.74, 6) is -0.412. The Bertz CT molecular complexity index is 439. The van der Waals surface area contributed by atoms with Crippen molar-refractivity contribution < 1.29 is 22.3 Å². The lowest BCUT2D eigenvalue weighted by Gasteiger charge is -2.18. The molecule has 1 atom stereocenters. The van der Waals surface area contributed by atoms with Gasteiger partial charge in [0.15, 0.2) is 0 Å². The fraction of sp³-hybridized carbons (Fsp3) is 0.571. The van der Waals surface area contributed by atoms with Crippen molar-refractivity contribution >= 4 is 11.8 Å². The number of alkyl halides is 3. The molecule has 21 heavy (non-hydrogen) atoms. The van der Waals surface area contributed by atoms with Gasteiger partial charge in [0.05, 0.1) is 6.61 Å². The molecule has 0 heterocycles. The van der Waals surface area contributed by atoms with E-state index < -0.39 is 11.3 Å². The Morgan fingerprint density at radius 3 is 2.67 bits per heavy atom. The van der Waals surface area contributed by atoms with Crippen LogP contribution in [0.5, 0.6) is 5.75 Å². The van der Waals surface area contributed by atoms with Crippen molar-refractivity contribution in [2.75, 3.05) is 18.9 Å². The smallest absolute Gasteiger partial charge is 0.441 e. The summed E-state index contributed by atoms with van der Waals surface area (Å²) >= 11 is -0.149. The minimum absolute atomic E-state index is 0.0594. The summed E-state index contributed by atoms with van der Waals surface area (Å²) < 4.78 is 54.7. The van der Waals surface area contributed by atoms with E-state index in [-0.39, 0.29) is 35.9 Å². The normalized spacial score (nSPS) is 13.2. The Kier molecular flexibility index (Phi) is 7.31. The Hall–Kier alpha value is -0.950. The quantitative estimate of drug-likeness (QED) is 0.561. The first-order chi connectivity index (χ1) is 9.83.